The van der Waals surface area contributed by atoms with Gasteiger partial charge in [-0.15, -0.1) is 0 Å². The van der Waals surface area contributed by atoms with E-state index in [0.29, 0.717) is 30.7 Å². The molecule has 0 fully saturated rings. The number of nitrogens with two attached hydrogens (primary N) is 3. The molecule has 0 aliphatic carbocycles. The number of carboxylic acid groups (broad SMARTS) is 1. The first kappa shape index (κ1) is 30.3. The van der Waals surface area contributed by atoms with Crippen molar-refractivity contribution in [3.8, 4) is 0 Å². The highest BCUT2D eigenvalue weighted by atomic mass is 16.5. The van der Waals surface area contributed by atoms with Gasteiger partial charge in [-0.05, 0) is 32.1 Å². The van der Waals surface area contributed by atoms with Crippen LogP contribution in [0.5, 0.6) is 0 Å². The fourth-order valence-electron chi connectivity index (χ4n) is 4.07. The second-order valence-corrected chi connectivity index (χ2v) is 9.06. The standard InChI is InChI=1S/C25H46N6O4/c1-2-3-4-5-6-7-8-9-11-14-19-22(20(15-16-21(32)33)31-25(28)30-19)23(34)35-18-13-10-12-17-29-24(26)27/h19H,2-18H2,1H3,(H,32,33)(H4,26,27,29)(H3,28,30,31). The number of carbonyl (C=O) groups is 2. The van der Waals surface area contributed by atoms with Gasteiger partial charge in [0.25, 0.3) is 0 Å². The third-order valence-corrected chi connectivity index (χ3v) is 5.95. The zero-order chi connectivity index (χ0) is 25.9. The Balaban J connectivity index is 2.60. The number of nitrogens with zero attached hydrogens (tertiary/aromatic N) is 2. The molecule has 0 aromatic carbocycles. The molecule has 8 N–H and O–H groups in total. The normalized spacial score (nSPS) is 15.3. The van der Waals surface area contributed by atoms with Gasteiger partial charge in [0, 0.05) is 12.2 Å². The zero-order valence-electron chi connectivity index (χ0n) is 21.4. The summed E-state index contributed by atoms with van der Waals surface area (Å²) in [6.07, 6.45) is 13.8. The van der Waals surface area contributed by atoms with Crippen molar-refractivity contribution < 1.29 is 19.4 Å². The molecule has 1 atom stereocenters. The van der Waals surface area contributed by atoms with E-state index in [9.17, 15) is 9.59 Å². The van der Waals surface area contributed by atoms with Crippen molar-refractivity contribution >= 4 is 23.9 Å². The van der Waals surface area contributed by atoms with Gasteiger partial charge in [0.15, 0.2) is 11.9 Å². The lowest BCUT2D eigenvalue weighted by atomic mass is 9.95. The lowest BCUT2D eigenvalue weighted by Gasteiger charge is -2.26. The Labute approximate surface area is 209 Å². The second kappa shape index (κ2) is 18.5. The van der Waals surface area contributed by atoms with Crippen LogP contribution in [-0.4, -0.2) is 48.2 Å². The second-order valence-electron chi connectivity index (χ2n) is 9.06. The van der Waals surface area contributed by atoms with Crippen molar-refractivity contribution in [1.29, 1.82) is 0 Å². The highest BCUT2D eigenvalue weighted by molar-refractivity contribution is 5.94. The number of guanidine groups is 2. The van der Waals surface area contributed by atoms with Crippen molar-refractivity contribution in [2.45, 2.75) is 109 Å². The van der Waals surface area contributed by atoms with Crippen LogP contribution >= 0.6 is 0 Å². The molecule has 0 spiro atoms. The third kappa shape index (κ3) is 14.3. The molecule has 1 heterocycles. The quantitative estimate of drug-likeness (QED) is 0.0740. The molecule has 1 unspecified atom stereocenters. The van der Waals surface area contributed by atoms with Crippen LogP contribution in [0.2, 0.25) is 0 Å². The Morgan fingerprint density at radius 2 is 1.63 bits per heavy atom. The van der Waals surface area contributed by atoms with Crippen LogP contribution in [0.15, 0.2) is 21.3 Å². The molecule has 1 aliphatic heterocycles. The van der Waals surface area contributed by atoms with E-state index in [0.717, 1.165) is 32.1 Å². The molecule has 0 aromatic rings. The minimum absolute atomic E-state index is 0.0693. The van der Waals surface area contributed by atoms with Crippen LogP contribution in [0, 0.1) is 0 Å². The highest BCUT2D eigenvalue weighted by Gasteiger charge is 2.30. The van der Waals surface area contributed by atoms with Gasteiger partial charge in [0.1, 0.15) is 0 Å². The van der Waals surface area contributed by atoms with Gasteiger partial charge >= 0.3 is 11.9 Å². The maximum Gasteiger partial charge on any atom is 0.337 e. The Morgan fingerprint density at radius 3 is 2.26 bits per heavy atom. The number of aliphatic imine (C=N–C) groups is 2. The fraction of sp³-hybridized carbons (Fsp3) is 0.760. The number of carboxylic acids is 1. The van der Waals surface area contributed by atoms with Crippen molar-refractivity contribution in [1.82, 2.24) is 5.32 Å². The van der Waals surface area contributed by atoms with E-state index in [1.54, 1.807) is 0 Å². The molecule has 35 heavy (non-hydrogen) atoms. The van der Waals surface area contributed by atoms with Gasteiger partial charge in [0.05, 0.1) is 24.6 Å². The molecular weight excluding hydrogens is 448 g/mol. The van der Waals surface area contributed by atoms with Gasteiger partial charge in [-0.3, -0.25) is 9.79 Å². The third-order valence-electron chi connectivity index (χ3n) is 5.95. The summed E-state index contributed by atoms with van der Waals surface area (Å²) in [5, 5.41) is 12.0. The molecule has 10 nitrogen and oxygen atoms in total. The van der Waals surface area contributed by atoms with Gasteiger partial charge in [-0.1, -0.05) is 64.7 Å². The smallest absolute Gasteiger partial charge is 0.337 e. The largest absolute Gasteiger partial charge is 0.481 e. The van der Waals surface area contributed by atoms with Gasteiger partial charge in [0.2, 0.25) is 0 Å². The lowest BCUT2D eigenvalue weighted by Crippen LogP contribution is -2.40. The van der Waals surface area contributed by atoms with Crippen LogP contribution in [0.4, 0.5) is 0 Å². The molecule has 0 bridgehead atoms. The molecule has 0 radical (unpaired) electrons. The maximum absolute atomic E-state index is 13.0. The van der Waals surface area contributed by atoms with Gasteiger partial charge in [-0.25, -0.2) is 9.79 Å². The summed E-state index contributed by atoms with van der Waals surface area (Å²) >= 11 is 0. The van der Waals surface area contributed by atoms with E-state index >= 15 is 0 Å². The summed E-state index contributed by atoms with van der Waals surface area (Å²) in [7, 11) is 0. The zero-order valence-corrected chi connectivity index (χ0v) is 21.4. The average Bonchev–Trinajstić information content (AvgIpc) is 2.80. The van der Waals surface area contributed by atoms with Gasteiger partial charge < -0.3 is 32.4 Å². The predicted octanol–water partition coefficient (Wildman–Crippen LogP) is 3.30. The van der Waals surface area contributed by atoms with Crippen molar-refractivity contribution in [3.05, 3.63) is 11.3 Å². The number of hydrogen-bond acceptors (Lipinski definition) is 7. The topological polar surface area (TPSA) is 178 Å². The molecular formula is C25H46N6O4. The van der Waals surface area contributed by atoms with Crippen molar-refractivity contribution in [2.75, 3.05) is 13.2 Å². The molecule has 1 rings (SSSR count). The molecule has 0 saturated carbocycles. The SMILES string of the molecule is CCCCCCCCCCCC1N=C(N)NC(CCC(=O)O)=C1C(=O)OCCCCCN=C(N)N. The summed E-state index contributed by atoms with van der Waals surface area (Å²) in [5.74, 6) is -1.12. The molecule has 200 valence electrons. The van der Waals surface area contributed by atoms with E-state index < -0.39 is 18.0 Å². The summed E-state index contributed by atoms with van der Waals surface area (Å²) < 4.78 is 5.52. The first-order chi connectivity index (χ1) is 16.8. The average molecular weight is 495 g/mol. The minimum Gasteiger partial charge on any atom is -0.481 e. The lowest BCUT2D eigenvalue weighted by molar-refractivity contribution is -0.140. The number of rotatable bonds is 20. The van der Waals surface area contributed by atoms with Crippen molar-refractivity contribution in [2.24, 2.45) is 27.2 Å². The highest BCUT2D eigenvalue weighted by Crippen LogP contribution is 2.25. The van der Waals surface area contributed by atoms with Crippen LogP contribution in [0.3, 0.4) is 0 Å². The minimum atomic E-state index is -0.940. The van der Waals surface area contributed by atoms with Crippen LogP contribution in [-0.2, 0) is 14.3 Å². The van der Waals surface area contributed by atoms with E-state index in [2.05, 4.69) is 22.2 Å². The number of carbonyl (C=O) groups excluding carboxylic acids is 1. The summed E-state index contributed by atoms with van der Waals surface area (Å²) in [6.45, 7) is 3.03. The summed E-state index contributed by atoms with van der Waals surface area (Å²) in [6, 6.07) is -0.418. The molecule has 0 aromatic heterocycles. The predicted molar refractivity (Wildman–Crippen MR) is 140 cm³/mol. The molecule has 0 amide bonds. The first-order valence-corrected chi connectivity index (χ1v) is 13.1. The Morgan fingerprint density at radius 1 is 1.00 bits per heavy atom. The number of esters is 1. The number of aliphatic carboxylic acids is 1. The monoisotopic (exact) mass is 494 g/mol. The van der Waals surface area contributed by atoms with Crippen LogP contribution in [0.1, 0.15) is 103 Å². The van der Waals surface area contributed by atoms with Gasteiger partial charge in [-0.2, -0.15) is 0 Å². The van der Waals surface area contributed by atoms with E-state index in [1.165, 1.54) is 38.5 Å². The maximum atomic E-state index is 13.0. The Kier molecular flexibility index (Phi) is 16.0. The van der Waals surface area contributed by atoms with Crippen LogP contribution < -0.4 is 22.5 Å². The van der Waals surface area contributed by atoms with Crippen molar-refractivity contribution in [3.63, 3.8) is 0 Å². The van der Waals surface area contributed by atoms with E-state index in [4.69, 9.17) is 27.0 Å². The van der Waals surface area contributed by atoms with E-state index in [1.807, 2.05) is 0 Å². The first-order valence-electron chi connectivity index (χ1n) is 13.1. The van der Waals surface area contributed by atoms with Crippen LogP contribution in [0.25, 0.3) is 0 Å². The fourth-order valence-corrected chi connectivity index (χ4v) is 4.07. The molecule has 10 heteroatoms. The Bertz CT molecular complexity index is 731. The number of ether oxygens (including phenoxy) is 1. The summed E-state index contributed by atoms with van der Waals surface area (Å²) in [5.41, 5.74) is 17.5. The number of hydrogen-bond donors (Lipinski definition) is 5. The molecule has 1 aliphatic rings. The number of unbranched alkanes of at least 4 members (excludes halogenated alkanes) is 10. The summed E-state index contributed by atoms with van der Waals surface area (Å²) in [4.78, 5) is 32.5. The Hall–Kier alpha value is -2.78. The van der Waals surface area contributed by atoms with E-state index in [-0.39, 0.29) is 31.4 Å². The molecule has 0 saturated heterocycles. The number of nitrogens with one attached hydrogen (secondary N) is 1. The number of allylic oxidation sites excluding steroid dienone is 1.